The molecule has 0 spiro atoms. The molecular formula is C27H66N6OS. The molecule has 0 saturated heterocycles. The lowest BCUT2D eigenvalue weighted by Crippen LogP contribution is -1.94. The number of hydrogen-bond acceptors (Lipinski definition) is 8. The number of nitrogens with one attached hydrogen (secondary N) is 5. The molecule has 0 heterocycles. The molecule has 0 bridgehead atoms. The van der Waals surface area contributed by atoms with E-state index in [2.05, 4.69) is 18.2 Å². The average Bonchev–Trinajstić information content (AvgIpc) is 2.64. The van der Waals surface area contributed by atoms with Gasteiger partial charge in [0.05, 0.1) is 13.2 Å². The molecule has 0 radical (unpaired) electrons. The van der Waals surface area contributed by atoms with Gasteiger partial charge in [-0.25, -0.2) is 0 Å². The van der Waals surface area contributed by atoms with E-state index >= 15 is 0 Å². The highest BCUT2D eigenvalue weighted by molar-refractivity contribution is 7.98. The molecule has 216 valence electrons. The highest BCUT2D eigenvalue weighted by atomic mass is 32.2. The number of rotatable bonds is 10. The minimum atomic E-state index is 0. The Balaban J connectivity index is -0.0000000339. The van der Waals surface area contributed by atoms with Gasteiger partial charge in [0.25, 0.3) is 0 Å². The summed E-state index contributed by atoms with van der Waals surface area (Å²) >= 11 is 1.79. The van der Waals surface area contributed by atoms with Crippen LogP contribution in [0.25, 0.3) is 0 Å². The van der Waals surface area contributed by atoms with Crippen molar-refractivity contribution in [3.63, 3.8) is 0 Å². The van der Waals surface area contributed by atoms with E-state index in [9.17, 15) is 0 Å². The third-order valence-corrected chi connectivity index (χ3v) is 3.11. The van der Waals surface area contributed by atoms with Crippen LogP contribution in [-0.4, -0.2) is 67.0 Å². The van der Waals surface area contributed by atoms with Crippen LogP contribution in [0.1, 0.15) is 111 Å². The molecule has 7 nitrogen and oxygen atoms in total. The molecule has 0 aliphatic heterocycles. The third-order valence-electron chi connectivity index (χ3n) is 2.50. The van der Waals surface area contributed by atoms with Crippen LogP contribution in [0.5, 0.6) is 0 Å². The predicted molar refractivity (Wildman–Crippen MR) is 173 cm³/mol. The molecule has 8 heteroatoms. The molecule has 0 amide bonds. The van der Waals surface area contributed by atoms with Crippen molar-refractivity contribution >= 4 is 46.5 Å². The fourth-order valence-corrected chi connectivity index (χ4v) is 1.62. The number of thioether (sulfide) groups is 1. The second kappa shape index (κ2) is 53.6. The van der Waals surface area contributed by atoms with Gasteiger partial charge in [0.15, 0.2) is 0 Å². The first-order valence-electron chi connectivity index (χ1n) is 10.4. The van der Waals surface area contributed by atoms with Crippen molar-refractivity contribution in [1.82, 2.24) is 0 Å². The van der Waals surface area contributed by atoms with Crippen LogP contribution in [0, 0.1) is 27.0 Å². The zero-order valence-corrected chi connectivity index (χ0v) is 22.6. The van der Waals surface area contributed by atoms with Crippen molar-refractivity contribution in [3.8, 4) is 0 Å². The first-order valence-corrected chi connectivity index (χ1v) is 11.8. The minimum Gasteiger partial charge on any atom is -0.384 e. The molecule has 0 aromatic rings. The second-order valence-corrected chi connectivity index (χ2v) is 7.94. The van der Waals surface area contributed by atoms with Crippen LogP contribution < -0.4 is 0 Å². The van der Waals surface area contributed by atoms with Gasteiger partial charge in [0.1, 0.15) is 0 Å². The zero-order chi connectivity index (χ0) is 25.7. The maximum absolute atomic E-state index is 6.98. The molecule has 5 N–H and O–H groups in total. The summed E-state index contributed by atoms with van der Waals surface area (Å²) in [6.45, 7) is 15.9. The van der Waals surface area contributed by atoms with Crippen LogP contribution in [0.3, 0.4) is 0 Å². The van der Waals surface area contributed by atoms with Crippen LogP contribution >= 0.6 is 11.8 Å². The molecule has 0 aliphatic carbocycles. The Hall–Kier alpha value is -1.67. The van der Waals surface area contributed by atoms with Gasteiger partial charge in [0, 0.05) is 42.1 Å². The number of aliphatic imine (C=N–C) groups is 1. The van der Waals surface area contributed by atoms with Gasteiger partial charge < -0.3 is 31.8 Å². The third kappa shape index (κ3) is 167. The van der Waals surface area contributed by atoms with E-state index < -0.39 is 0 Å². The average molecular weight is 523 g/mol. The highest BCUT2D eigenvalue weighted by Gasteiger charge is 1.84. The summed E-state index contributed by atoms with van der Waals surface area (Å²) in [6, 6.07) is 0. The van der Waals surface area contributed by atoms with Crippen molar-refractivity contribution in [2.75, 3.05) is 32.3 Å². The van der Waals surface area contributed by atoms with E-state index in [0.29, 0.717) is 30.3 Å². The molecular weight excluding hydrogens is 456 g/mol. The monoisotopic (exact) mass is 523 g/mol. The fraction of sp³-hybridized carbons (Fsp3) is 0.778. The Labute approximate surface area is 226 Å². The topological polar surface area (TPSA) is 141 Å². The van der Waals surface area contributed by atoms with Crippen LogP contribution in [0.2, 0.25) is 0 Å². The Morgan fingerprint density at radius 3 is 1.20 bits per heavy atom. The lowest BCUT2D eigenvalue weighted by Gasteiger charge is -1.92. The number of ether oxygens (including phenoxy) is 1. The summed E-state index contributed by atoms with van der Waals surface area (Å²) in [5.41, 5.74) is 3.53. The summed E-state index contributed by atoms with van der Waals surface area (Å²) in [7, 11) is 1.64. The lowest BCUT2D eigenvalue weighted by atomic mass is 10.2. The first-order chi connectivity index (χ1) is 14.3. The van der Waals surface area contributed by atoms with Crippen molar-refractivity contribution in [2.24, 2.45) is 4.99 Å². The minimum absolute atomic E-state index is 0. The van der Waals surface area contributed by atoms with E-state index in [0.717, 1.165) is 42.9 Å². The summed E-state index contributed by atoms with van der Waals surface area (Å²) in [4.78, 5) is 3.82. The summed E-state index contributed by atoms with van der Waals surface area (Å²) in [5, 5.41) is 34.2. The van der Waals surface area contributed by atoms with Crippen molar-refractivity contribution < 1.29 is 4.74 Å². The van der Waals surface area contributed by atoms with E-state index in [-0.39, 0.29) is 29.7 Å². The molecule has 35 heavy (non-hydrogen) atoms. The molecule has 0 aliphatic rings. The zero-order valence-electron chi connectivity index (χ0n) is 21.8. The van der Waals surface area contributed by atoms with Crippen LogP contribution in [-0.2, 0) is 4.74 Å². The fourth-order valence-electron chi connectivity index (χ4n) is 1.11. The predicted octanol–water partition coefficient (Wildman–Crippen LogP) is 9.38. The quantitative estimate of drug-likeness (QED) is 0.182. The SMILES string of the molecule is C.C.C.C.CC(C)=N.CC=NCC(C)=N.CCCC(C)=N.COCCC(C)=N.CSCCC(C)=N. The normalized spacial score (nSPS) is 7.71. The maximum atomic E-state index is 6.98. The number of nitrogens with zero attached hydrogens (tertiary/aromatic N) is 1. The largest absolute Gasteiger partial charge is 0.384 e. The van der Waals surface area contributed by atoms with Crippen molar-refractivity contribution in [2.45, 2.75) is 111 Å². The van der Waals surface area contributed by atoms with E-state index in [1.54, 1.807) is 52.8 Å². The molecule has 0 rings (SSSR count). The van der Waals surface area contributed by atoms with E-state index in [1.165, 1.54) is 0 Å². The lowest BCUT2D eigenvalue weighted by molar-refractivity contribution is 0.207. The summed E-state index contributed by atoms with van der Waals surface area (Å²) < 4.78 is 4.71. The molecule has 0 atom stereocenters. The molecule has 0 aromatic carbocycles. The Bertz CT molecular complexity index is 470. The van der Waals surface area contributed by atoms with Gasteiger partial charge in [-0.3, -0.25) is 4.99 Å². The first kappa shape index (κ1) is 58.9. The van der Waals surface area contributed by atoms with E-state index in [4.69, 9.17) is 31.8 Å². The van der Waals surface area contributed by atoms with Gasteiger partial charge in [-0.2, -0.15) is 11.8 Å². The summed E-state index contributed by atoms with van der Waals surface area (Å²) in [5.74, 6) is 1.09. The Morgan fingerprint density at radius 1 is 0.743 bits per heavy atom. The Kier molecular flexibility index (Phi) is 90.1. The number of methoxy groups -OCH3 is 1. The molecule has 0 aromatic heterocycles. The molecule has 0 unspecified atom stereocenters. The standard InChI is InChI=1S/C5H10N2.C5H11NO.C5H11NS.C5H11N.C3H7N.4CH4/c1-3-7-4-5(2)6;2*1-5(6)3-4-7-2;1-3-4-5(2)6;1-3(2)4;;;;/h3,6H,4H2,1-2H3;2*6H,3-4H2,1-2H3;6H,3-4H2,1-2H3;4H,1-2H3;4*1H4. The van der Waals surface area contributed by atoms with Crippen molar-refractivity contribution in [3.05, 3.63) is 0 Å². The highest BCUT2D eigenvalue weighted by Crippen LogP contribution is 1.94. The van der Waals surface area contributed by atoms with Gasteiger partial charge in [-0.1, -0.05) is 43.1 Å². The van der Waals surface area contributed by atoms with Gasteiger partial charge in [-0.15, -0.1) is 0 Å². The second-order valence-electron chi connectivity index (χ2n) is 6.96. The number of hydrogen-bond donors (Lipinski definition) is 5. The molecule has 0 fully saturated rings. The smallest absolute Gasteiger partial charge is 0.0758 e. The maximum Gasteiger partial charge on any atom is 0.0758 e. The van der Waals surface area contributed by atoms with Crippen molar-refractivity contribution in [1.29, 1.82) is 27.0 Å². The summed E-state index contributed by atoms with van der Waals surface area (Å²) in [6.07, 6.45) is 7.54. The Morgan fingerprint density at radius 2 is 1.11 bits per heavy atom. The van der Waals surface area contributed by atoms with E-state index in [1.807, 2.05) is 20.8 Å². The van der Waals surface area contributed by atoms with Gasteiger partial charge in [0.2, 0.25) is 0 Å². The van der Waals surface area contributed by atoms with Crippen LogP contribution in [0.15, 0.2) is 4.99 Å². The van der Waals surface area contributed by atoms with Gasteiger partial charge in [-0.05, 0) is 79.5 Å². The molecule has 0 saturated carbocycles. The van der Waals surface area contributed by atoms with Gasteiger partial charge >= 0.3 is 0 Å². The van der Waals surface area contributed by atoms with Crippen LogP contribution in [0.4, 0.5) is 0 Å².